The largest absolute Gasteiger partial charge is 0.481 e. The van der Waals surface area contributed by atoms with Crippen LogP contribution in [0.1, 0.15) is 25.7 Å². The van der Waals surface area contributed by atoms with Crippen molar-refractivity contribution in [2.45, 2.75) is 25.7 Å². The molecular weight excluding hydrogens is 188 g/mol. The Hall–Kier alpha value is -1.39. The second-order valence-corrected chi connectivity index (χ2v) is 3.56. The van der Waals surface area contributed by atoms with Gasteiger partial charge in [-0.3, -0.25) is 9.59 Å². The number of ketones is 1. The van der Waals surface area contributed by atoms with Gasteiger partial charge in [-0.25, -0.2) is 4.79 Å². The van der Waals surface area contributed by atoms with E-state index in [0.717, 1.165) is 6.42 Å². The van der Waals surface area contributed by atoms with Crippen LogP contribution in [0.15, 0.2) is 0 Å². The molecule has 5 nitrogen and oxygen atoms in total. The molecule has 14 heavy (non-hydrogen) atoms. The molecule has 0 bridgehead atoms. The Kier molecular flexibility index (Phi) is 3.22. The number of carboxylic acids is 2. The lowest BCUT2D eigenvalue weighted by atomic mass is 9.89. The number of hydrogen-bond acceptors (Lipinski definition) is 3. The zero-order valence-electron chi connectivity index (χ0n) is 7.60. The summed E-state index contributed by atoms with van der Waals surface area (Å²) >= 11 is 0. The number of Topliss-reactive ketones (excluding diaryl/α,β-unsaturated/α-hetero) is 1. The highest BCUT2D eigenvalue weighted by Gasteiger charge is 2.37. The Morgan fingerprint density at radius 1 is 1.14 bits per heavy atom. The van der Waals surface area contributed by atoms with E-state index in [4.69, 9.17) is 10.2 Å². The van der Waals surface area contributed by atoms with E-state index in [1.165, 1.54) is 0 Å². The molecular formula is C9H12O5. The van der Waals surface area contributed by atoms with Crippen LogP contribution in [0.2, 0.25) is 0 Å². The molecule has 2 N–H and O–H groups in total. The third kappa shape index (κ3) is 2.31. The first-order chi connectivity index (χ1) is 6.52. The van der Waals surface area contributed by atoms with Gasteiger partial charge in [0, 0.05) is 12.3 Å². The van der Waals surface area contributed by atoms with Crippen molar-refractivity contribution in [3.05, 3.63) is 0 Å². The second-order valence-electron chi connectivity index (χ2n) is 3.56. The highest BCUT2D eigenvalue weighted by atomic mass is 16.4. The maximum absolute atomic E-state index is 11.1. The Morgan fingerprint density at radius 3 is 2.29 bits per heavy atom. The van der Waals surface area contributed by atoms with Crippen LogP contribution in [0.4, 0.5) is 0 Å². The van der Waals surface area contributed by atoms with Crippen molar-refractivity contribution in [1.29, 1.82) is 0 Å². The summed E-state index contributed by atoms with van der Waals surface area (Å²) in [5.74, 6) is -4.15. The van der Waals surface area contributed by atoms with Gasteiger partial charge in [-0.15, -0.1) is 0 Å². The number of carbonyl (C=O) groups is 3. The molecule has 0 radical (unpaired) electrons. The van der Waals surface area contributed by atoms with Crippen molar-refractivity contribution in [2.75, 3.05) is 0 Å². The maximum Gasteiger partial charge on any atom is 0.372 e. The standard InChI is InChI=1S/C9H12O5/c10-7(11)4-5-2-1-3-6(5)8(12)9(13)14/h5-6H,1-4H2,(H,10,11)(H,13,14). The van der Waals surface area contributed by atoms with Gasteiger partial charge >= 0.3 is 11.9 Å². The topological polar surface area (TPSA) is 91.7 Å². The van der Waals surface area contributed by atoms with Gasteiger partial charge in [-0.2, -0.15) is 0 Å². The molecule has 0 heterocycles. The molecule has 2 atom stereocenters. The maximum atomic E-state index is 11.1. The highest BCUT2D eigenvalue weighted by Crippen LogP contribution is 2.34. The summed E-state index contributed by atoms with van der Waals surface area (Å²) in [5.41, 5.74) is 0. The molecule has 0 spiro atoms. The number of rotatable bonds is 4. The van der Waals surface area contributed by atoms with Crippen LogP contribution in [0.3, 0.4) is 0 Å². The predicted molar refractivity (Wildman–Crippen MR) is 45.7 cm³/mol. The first-order valence-corrected chi connectivity index (χ1v) is 4.51. The predicted octanol–water partition coefficient (Wildman–Crippen LogP) is 0.531. The van der Waals surface area contributed by atoms with E-state index >= 15 is 0 Å². The fourth-order valence-corrected chi connectivity index (χ4v) is 2.01. The van der Waals surface area contributed by atoms with Crippen molar-refractivity contribution >= 4 is 17.7 Å². The third-order valence-electron chi connectivity index (χ3n) is 2.64. The van der Waals surface area contributed by atoms with Crippen LogP contribution in [0.5, 0.6) is 0 Å². The molecule has 0 aromatic heterocycles. The molecule has 1 saturated carbocycles. The SMILES string of the molecule is O=C(O)CC1CCCC1C(=O)C(=O)O. The van der Waals surface area contributed by atoms with Crippen molar-refractivity contribution in [2.24, 2.45) is 11.8 Å². The zero-order chi connectivity index (χ0) is 10.7. The number of carbonyl (C=O) groups excluding carboxylic acids is 1. The summed E-state index contributed by atoms with van der Waals surface area (Å²) in [6, 6.07) is 0. The molecule has 5 heteroatoms. The monoisotopic (exact) mass is 200 g/mol. The number of hydrogen-bond donors (Lipinski definition) is 2. The molecule has 0 saturated heterocycles. The van der Waals surface area contributed by atoms with Crippen molar-refractivity contribution in [3.63, 3.8) is 0 Å². The fraction of sp³-hybridized carbons (Fsp3) is 0.667. The highest BCUT2D eigenvalue weighted by molar-refractivity contribution is 6.33. The van der Waals surface area contributed by atoms with Gasteiger partial charge in [0.05, 0.1) is 0 Å². The van der Waals surface area contributed by atoms with Gasteiger partial charge in [-0.05, 0) is 18.8 Å². The van der Waals surface area contributed by atoms with Gasteiger partial charge in [0.1, 0.15) is 0 Å². The van der Waals surface area contributed by atoms with E-state index in [9.17, 15) is 14.4 Å². The first kappa shape index (κ1) is 10.7. The van der Waals surface area contributed by atoms with Gasteiger partial charge in [0.15, 0.2) is 0 Å². The third-order valence-corrected chi connectivity index (χ3v) is 2.64. The number of aliphatic carboxylic acids is 2. The van der Waals surface area contributed by atoms with Crippen LogP contribution in [0.25, 0.3) is 0 Å². The lowest BCUT2D eigenvalue weighted by Gasteiger charge is -2.13. The fourth-order valence-electron chi connectivity index (χ4n) is 2.01. The van der Waals surface area contributed by atoms with Crippen LogP contribution >= 0.6 is 0 Å². The summed E-state index contributed by atoms with van der Waals surface area (Å²) in [7, 11) is 0. The van der Waals surface area contributed by atoms with Gasteiger partial charge in [0.25, 0.3) is 0 Å². The molecule has 2 unspecified atom stereocenters. The molecule has 1 aliphatic rings. The van der Waals surface area contributed by atoms with Crippen LogP contribution in [-0.2, 0) is 14.4 Å². The second kappa shape index (κ2) is 4.21. The molecule has 78 valence electrons. The average Bonchev–Trinajstić information content (AvgIpc) is 2.49. The smallest absolute Gasteiger partial charge is 0.372 e. The summed E-state index contributed by atoms with van der Waals surface area (Å²) < 4.78 is 0. The van der Waals surface area contributed by atoms with E-state index in [0.29, 0.717) is 12.8 Å². The minimum atomic E-state index is -1.45. The van der Waals surface area contributed by atoms with E-state index in [1.54, 1.807) is 0 Å². The minimum Gasteiger partial charge on any atom is -0.481 e. The van der Waals surface area contributed by atoms with Gasteiger partial charge in [0.2, 0.25) is 5.78 Å². The Morgan fingerprint density at radius 2 is 1.79 bits per heavy atom. The van der Waals surface area contributed by atoms with Gasteiger partial charge < -0.3 is 10.2 Å². The van der Waals surface area contributed by atoms with Crippen LogP contribution < -0.4 is 0 Å². The quantitative estimate of drug-likeness (QED) is 0.646. The normalized spacial score (nSPS) is 26.0. The molecule has 0 aromatic rings. The first-order valence-electron chi connectivity index (χ1n) is 4.51. The molecule has 1 fully saturated rings. The lowest BCUT2D eigenvalue weighted by Crippen LogP contribution is -2.27. The van der Waals surface area contributed by atoms with Gasteiger partial charge in [-0.1, -0.05) is 6.42 Å². The van der Waals surface area contributed by atoms with Crippen molar-refractivity contribution in [1.82, 2.24) is 0 Å². The Labute approximate surface area is 80.7 Å². The molecule has 0 amide bonds. The molecule has 1 aliphatic carbocycles. The van der Waals surface area contributed by atoms with E-state index in [2.05, 4.69) is 0 Å². The van der Waals surface area contributed by atoms with Crippen LogP contribution in [0, 0.1) is 11.8 Å². The Balaban J connectivity index is 2.63. The van der Waals surface area contributed by atoms with E-state index in [1.807, 2.05) is 0 Å². The summed E-state index contributed by atoms with van der Waals surface area (Å²) in [4.78, 5) is 32.0. The molecule has 0 aromatic carbocycles. The Bertz CT molecular complexity index is 270. The van der Waals surface area contributed by atoms with E-state index in [-0.39, 0.29) is 12.3 Å². The van der Waals surface area contributed by atoms with Crippen LogP contribution in [-0.4, -0.2) is 27.9 Å². The average molecular weight is 200 g/mol. The summed E-state index contributed by atoms with van der Waals surface area (Å²) in [5, 5.41) is 17.1. The van der Waals surface area contributed by atoms with E-state index < -0.39 is 23.6 Å². The lowest BCUT2D eigenvalue weighted by molar-refractivity contribution is -0.152. The summed E-state index contributed by atoms with van der Waals surface area (Å²) in [6.07, 6.45) is 1.77. The molecule has 0 aliphatic heterocycles. The van der Waals surface area contributed by atoms with Crippen molar-refractivity contribution in [3.8, 4) is 0 Å². The van der Waals surface area contributed by atoms with Crippen molar-refractivity contribution < 1.29 is 24.6 Å². The molecule has 1 rings (SSSR count). The minimum absolute atomic E-state index is 0.107. The summed E-state index contributed by atoms with van der Waals surface area (Å²) in [6.45, 7) is 0. The number of carboxylic acid groups (broad SMARTS) is 2. The zero-order valence-corrected chi connectivity index (χ0v) is 7.60.